The van der Waals surface area contributed by atoms with Crippen molar-refractivity contribution < 1.29 is 27.5 Å². The Morgan fingerprint density at radius 3 is 2.36 bits per heavy atom. The number of nitrogens with one attached hydrogen (secondary N) is 2. The van der Waals surface area contributed by atoms with Crippen LogP contribution in [0.5, 0.6) is 0 Å². The maximum atomic E-state index is 12.7. The largest absolute Gasteiger partial charge is 0.444 e. The molecule has 0 aliphatic rings. The minimum Gasteiger partial charge on any atom is -0.444 e. The lowest BCUT2D eigenvalue weighted by Gasteiger charge is -2.24. The van der Waals surface area contributed by atoms with Gasteiger partial charge in [-0.25, -0.2) is 4.79 Å². The Balaban J connectivity index is 2.46. The molecule has 0 aliphatic heterocycles. The van der Waals surface area contributed by atoms with Crippen LogP contribution in [0, 0.1) is 6.92 Å². The number of aromatic amines is 1. The highest BCUT2D eigenvalue weighted by atomic mass is 19.4. The second kappa shape index (κ2) is 7.75. The molecule has 25 heavy (non-hydrogen) atoms. The van der Waals surface area contributed by atoms with Crippen LogP contribution in [0.3, 0.4) is 0 Å². The molecular formula is C15H23F3N4O3. The lowest BCUT2D eigenvalue weighted by atomic mass is 10.2. The van der Waals surface area contributed by atoms with Gasteiger partial charge in [0.25, 0.3) is 0 Å². The van der Waals surface area contributed by atoms with Gasteiger partial charge < -0.3 is 15.0 Å². The van der Waals surface area contributed by atoms with Gasteiger partial charge in [-0.2, -0.15) is 18.3 Å². The quantitative estimate of drug-likeness (QED) is 0.839. The minimum atomic E-state index is -4.56. The number of nitrogens with zero attached hydrogens (tertiary/aromatic N) is 2. The van der Waals surface area contributed by atoms with E-state index in [0.717, 1.165) is 0 Å². The fourth-order valence-electron chi connectivity index (χ4n) is 1.90. The average Bonchev–Trinajstić information content (AvgIpc) is 2.77. The summed E-state index contributed by atoms with van der Waals surface area (Å²) in [6, 6.07) is 0. The van der Waals surface area contributed by atoms with E-state index in [2.05, 4.69) is 10.4 Å². The minimum absolute atomic E-state index is 0.0286. The molecule has 7 nitrogen and oxygen atoms in total. The van der Waals surface area contributed by atoms with Gasteiger partial charge >= 0.3 is 12.3 Å². The second-order valence-corrected chi connectivity index (χ2v) is 6.62. The number of hydrogen-bond donors (Lipinski definition) is 2. The van der Waals surface area contributed by atoms with Crippen LogP contribution < -0.4 is 5.32 Å². The lowest BCUT2D eigenvalue weighted by molar-refractivity contribution is -0.141. The van der Waals surface area contributed by atoms with Crippen molar-refractivity contribution in [3.63, 3.8) is 0 Å². The third-order valence-electron chi connectivity index (χ3n) is 3.15. The van der Waals surface area contributed by atoms with Crippen LogP contribution in [-0.4, -0.2) is 46.3 Å². The summed E-state index contributed by atoms with van der Waals surface area (Å²) in [6.07, 6.45) is -4.71. The first kappa shape index (κ1) is 20.8. The number of carbonyl (C=O) groups excluding carboxylic acids is 2. The number of anilines is 1. The van der Waals surface area contributed by atoms with E-state index in [1.165, 1.54) is 11.8 Å². The Labute approximate surface area is 143 Å². The molecule has 2 N–H and O–H groups in total. The SMILES string of the molecule is Cc1c(NC(=O)CCCN(C)C(=O)OC(C)(C)C)n[nH]c1C(F)(F)F. The molecule has 142 valence electrons. The summed E-state index contributed by atoms with van der Waals surface area (Å²) >= 11 is 0. The molecule has 0 bridgehead atoms. The lowest BCUT2D eigenvalue weighted by Crippen LogP contribution is -2.35. The molecule has 0 saturated heterocycles. The zero-order chi connectivity index (χ0) is 19.4. The van der Waals surface area contributed by atoms with E-state index in [-0.39, 0.29) is 24.3 Å². The summed E-state index contributed by atoms with van der Waals surface area (Å²) in [5.74, 6) is -0.640. The van der Waals surface area contributed by atoms with Crippen molar-refractivity contribution in [2.75, 3.05) is 18.9 Å². The van der Waals surface area contributed by atoms with Gasteiger partial charge in [0.15, 0.2) is 5.82 Å². The number of ether oxygens (including phenoxy) is 1. The molecule has 0 saturated carbocycles. The Hall–Kier alpha value is -2.26. The zero-order valence-electron chi connectivity index (χ0n) is 14.9. The first-order chi connectivity index (χ1) is 11.3. The maximum absolute atomic E-state index is 12.7. The highest BCUT2D eigenvalue weighted by molar-refractivity contribution is 5.90. The van der Waals surface area contributed by atoms with Crippen LogP contribution in [0.4, 0.5) is 23.8 Å². The van der Waals surface area contributed by atoms with Crippen molar-refractivity contribution >= 4 is 17.8 Å². The summed E-state index contributed by atoms with van der Waals surface area (Å²) in [6.45, 7) is 6.72. The van der Waals surface area contributed by atoms with Crippen LogP contribution in [-0.2, 0) is 15.7 Å². The second-order valence-electron chi connectivity index (χ2n) is 6.62. The van der Waals surface area contributed by atoms with Gasteiger partial charge in [0, 0.05) is 25.6 Å². The molecule has 0 atom stereocenters. The summed E-state index contributed by atoms with van der Waals surface area (Å²) < 4.78 is 43.1. The Morgan fingerprint density at radius 2 is 1.88 bits per heavy atom. The normalized spacial score (nSPS) is 12.0. The maximum Gasteiger partial charge on any atom is 0.433 e. The molecule has 1 aromatic heterocycles. The van der Waals surface area contributed by atoms with Crippen molar-refractivity contribution in [1.82, 2.24) is 15.1 Å². The summed E-state index contributed by atoms with van der Waals surface area (Å²) in [7, 11) is 1.54. The average molecular weight is 364 g/mol. The molecule has 1 heterocycles. The van der Waals surface area contributed by atoms with Gasteiger partial charge in [-0.15, -0.1) is 0 Å². The molecule has 2 amide bonds. The van der Waals surface area contributed by atoms with Crippen LogP contribution in [0.15, 0.2) is 0 Å². The van der Waals surface area contributed by atoms with E-state index >= 15 is 0 Å². The first-order valence-corrected chi connectivity index (χ1v) is 7.67. The number of amides is 2. The van der Waals surface area contributed by atoms with Crippen LogP contribution in [0.2, 0.25) is 0 Å². The smallest absolute Gasteiger partial charge is 0.433 e. The van der Waals surface area contributed by atoms with Crippen LogP contribution in [0.1, 0.15) is 44.9 Å². The molecule has 1 aromatic rings. The van der Waals surface area contributed by atoms with Crippen molar-refractivity contribution in [2.24, 2.45) is 0 Å². The topological polar surface area (TPSA) is 87.3 Å². The molecule has 0 fully saturated rings. The first-order valence-electron chi connectivity index (χ1n) is 7.67. The summed E-state index contributed by atoms with van der Waals surface area (Å²) in [5.41, 5.74) is -1.78. The number of aromatic nitrogens is 2. The van der Waals surface area contributed by atoms with Gasteiger partial charge in [0.05, 0.1) is 0 Å². The number of rotatable bonds is 5. The van der Waals surface area contributed by atoms with Crippen molar-refractivity contribution in [3.8, 4) is 0 Å². The predicted octanol–water partition coefficient (Wildman–Crippen LogP) is 3.32. The van der Waals surface area contributed by atoms with Crippen LogP contribution in [0.25, 0.3) is 0 Å². The van der Waals surface area contributed by atoms with Gasteiger partial charge in [-0.1, -0.05) is 0 Å². The fraction of sp³-hybridized carbons (Fsp3) is 0.667. The molecule has 0 aromatic carbocycles. The molecule has 0 unspecified atom stereocenters. The molecule has 0 aliphatic carbocycles. The molecular weight excluding hydrogens is 341 g/mol. The van der Waals surface area contributed by atoms with E-state index in [1.54, 1.807) is 27.8 Å². The van der Waals surface area contributed by atoms with Gasteiger partial charge in [0.1, 0.15) is 11.3 Å². The van der Waals surface area contributed by atoms with Crippen molar-refractivity contribution in [2.45, 2.75) is 52.3 Å². The monoisotopic (exact) mass is 364 g/mol. The standard InChI is InChI=1S/C15H23F3N4O3/c1-9-11(15(16,17)18)20-21-12(9)19-10(23)7-6-8-22(5)13(24)25-14(2,3)4/h6-8H2,1-5H3,(H2,19,20,21,23). The predicted molar refractivity (Wildman–Crippen MR) is 85.1 cm³/mol. The van der Waals surface area contributed by atoms with E-state index < -0.39 is 29.5 Å². The summed E-state index contributed by atoms with van der Waals surface area (Å²) in [5, 5.41) is 7.67. The third kappa shape index (κ3) is 6.63. The fourth-order valence-corrected chi connectivity index (χ4v) is 1.90. The molecule has 0 spiro atoms. The molecule has 1 rings (SSSR count). The van der Waals surface area contributed by atoms with Gasteiger partial charge in [0.2, 0.25) is 5.91 Å². The van der Waals surface area contributed by atoms with Crippen molar-refractivity contribution in [3.05, 3.63) is 11.3 Å². The number of carbonyl (C=O) groups is 2. The molecule has 0 radical (unpaired) electrons. The zero-order valence-corrected chi connectivity index (χ0v) is 14.9. The molecule has 10 heteroatoms. The Bertz CT molecular complexity index is 621. The highest BCUT2D eigenvalue weighted by Gasteiger charge is 2.36. The number of hydrogen-bond acceptors (Lipinski definition) is 4. The van der Waals surface area contributed by atoms with E-state index in [0.29, 0.717) is 6.42 Å². The van der Waals surface area contributed by atoms with Crippen LogP contribution >= 0.6 is 0 Å². The third-order valence-corrected chi connectivity index (χ3v) is 3.15. The van der Waals surface area contributed by atoms with Crippen molar-refractivity contribution in [1.29, 1.82) is 0 Å². The Morgan fingerprint density at radius 1 is 1.28 bits per heavy atom. The summed E-state index contributed by atoms with van der Waals surface area (Å²) in [4.78, 5) is 24.9. The number of halogens is 3. The van der Waals surface area contributed by atoms with Gasteiger partial charge in [-0.05, 0) is 34.1 Å². The van der Waals surface area contributed by atoms with E-state index in [9.17, 15) is 22.8 Å². The highest BCUT2D eigenvalue weighted by Crippen LogP contribution is 2.32. The Kier molecular flexibility index (Phi) is 6.44. The van der Waals surface area contributed by atoms with Gasteiger partial charge in [-0.3, -0.25) is 9.89 Å². The number of alkyl halides is 3. The van der Waals surface area contributed by atoms with E-state index in [4.69, 9.17) is 4.74 Å². The van der Waals surface area contributed by atoms with E-state index in [1.807, 2.05) is 5.10 Å². The number of H-pyrrole nitrogens is 1.